The zero-order valence-corrected chi connectivity index (χ0v) is 15.1. The van der Waals surface area contributed by atoms with Crippen molar-refractivity contribution in [1.82, 2.24) is 4.98 Å². The molecule has 122 valence electrons. The highest BCUT2D eigenvalue weighted by molar-refractivity contribution is 7.99. The minimum Gasteiger partial charge on any atom is -0.361 e. The summed E-state index contributed by atoms with van der Waals surface area (Å²) in [5, 5.41) is 20.4. The number of H-pyrrole nitrogens is 1. The van der Waals surface area contributed by atoms with Gasteiger partial charge in [-0.05, 0) is 53.8 Å². The number of allylic oxidation sites excluding steroid dienone is 1. The van der Waals surface area contributed by atoms with E-state index < -0.39 is 0 Å². The molecule has 2 aromatic carbocycles. The summed E-state index contributed by atoms with van der Waals surface area (Å²) in [6.45, 7) is 2.07. The van der Waals surface area contributed by atoms with Gasteiger partial charge in [-0.3, -0.25) is 0 Å². The minimum atomic E-state index is 0.529. The fourth-order valence-corrected chi connectivity index (χ4v) is 3.59. The molecule has 1 heterocycles. The van der Waals surface area contributed by atoms with E-state index in [9.17, 15) is 5.26 Å². The number of halogens is 1. The number of thioether (sulfide) groups is 1. The second-order valence-electron chi connectivity index (χ2n) is 5.36. The molecule has 0 spiro atoms. The number of fused-ring (bicyclic) bond motifs is 1. The summed E-state index contributed by atoms with van der Waals surface area (Å²) in [6.07, 6.45) is 3.65. The smallest absolute Gasteiger partial charge is 0.0998 e. The third-order valence-electron chi connectivity index (χ3n) is 3.79. The Morgan fingerprint density at radius 3 is 2.80 bits per heavy atom. The number of benzene rings is 2. The number of hydrogen-bond acceptors (Lipinski definition) is 3. The normalized spacial score (nSPS) is 11.3. The van der Waals surface area contributed by atoms with E-state index in [0.717, 1.165) is 32.7 Å². The first-order valence-corrected chi connectivity index (χ1v) is 9.08. The van der Waals surface area contributed by atoms with Gasteiger partial charge in [-0.25, -0.2) is 0 Å². The Balaban J connectivity index is 2.17. The van der Waals surface area contributed by atoms with Crippen molar-refractivity contribution in [2.24, 2.45) is 0 Å². The van der Waals surface area contributed by atoms with E-state index >= 15 is 0 Å². The molecule has 0 unspecified atom stereocenters. The number of nitrogens with zero attached hydrogens (tertiary/aromatic N) is 2. The number of aromatic nitrogens is 1. The largest absolute Gasteiger partial charge is 0.361 e. The Hall–Kier alpha value is -2.66. The van der Waals surface area contributed by atoms with E-state index in [-0.39, 0.29) is 0 Å². The lowest BCUT2D eigenvalue weighted by atomic mass is 10.0. The summed E-state index contributed by atoms with van der Waals surface area (Å²) < 4.78 is 0. The van der Waals surface area contributed by atoms with Crippen molar-refractivity contribution in [3.8, 4) is 12.1 Å². The molecule has 0 aliphatic heterocycles. The SMILES string of the molecule is CCSc1ccc(C#N)cc1/C=C(\C#N)c1c[nH]c2ccc(Cl)cc12. The van der Waals surface area contributed by atoms with Gasteiger partial charge in [0, 0.05) is 32.6 Å². The van der Waals surface area contributed by atoms with E-state index in [1.165, 1.54) is 0 Å². The summed E-state index contributed by atoms with van der Waals surface area (Å²) in [6, 6.07) is 15.5. The summed E-state index contributed by atoms with van der Waals surface area (Å²) >= 11 is 7.79. The average Bonchev–Trinajstić information content (AvgIpc) is 3.04. The maximum Gasteiger partial charge on any atom is 0.0998 e. The number of rotatable bonds is 4. The molecule has 0 bridgehead atoms. The second kappa shape index (κ2) is 7.49. The van der Waals surface area contributed by atoms with Crippen LogP contribution in [0.15, 0.2) is 47.5 Å². The number of hydrogen-bond donors (Lipinski definition) is 1. The molecule has 0 atom stereocenters. The Bertz CT molecular complexity index is 1050. The van der Waals surface area contributed by atoms with Crippen LogP contribution in [-0.4, -0.2) is 10.7 Å². The predicted molar refractivity (Wildman–Crippen MR) is 104 cm³/mol. The van der Waals surface area contributed by atoms with Gasteiger partial charge in [0.05, 0.1) is 23.3 Å². The highest BCUT2D eigenvalue weighted by Gasteiger charge is 2.11. The van der Waals surface area contributed by atoms with Gasteiger partial charge in [-0.1, -0.05) is 18.5 Å². The molecule has 0 aliphatic carbocycles. The van der Waals surface area contributed by atoms with Crippen LogP contribution < -0.4 is 0 Å². The molecule has 0 fully saturated rings. The molecule has 3 aromatic rings. The van der Waals surface area contributed by atoms with Crippen molar-refractivity contribution in [3.05, 3.63) is 64.3 Å². The van der Waals surface area contributed by atoms with Crippen molar-refractivity contribution >= 4 is 45.9 Å². The molecule has 0 saturated carbocycles. The van der Waals surface area contributed by atoms with Crippen LogP contribution >= 0.6 is 23.4 Å². The Labute approximate surface area is 155 Å². The number of nitrogens with one attached hydrogen (secondary N) is 1. The number of nitriles is 2. The quantitative estimate of drug-likeness (QED) is 0.465. The summed E-state index contributed by atoms with van der Waals surface area (Å²) in [5.74, 6) is 0.914. The lowest BCUT2D eigenvalue weighted by molar-refractivity contribution is 1.37. The molecule has 0 aliphatic rings. The van der Waals surface area contributed by atoms with E-state index in [1.54, 1.807) is 17.8 Å². The molecule has 0 saturated heterocycles. The van der Waals surface area contributed by atoms with E-state index in [1.807, 2.05) is 42.6 Å². The maximum absolute atomic E-state index is 9.70. The third kappa shape index (κ3) is 3.56. The second-order valence-corrected chi connectivity index (χ2v) is 7.10. The van der Waals surface area contributed by atoms with Crippen LogP contribution in [0.4, 0.5) is 0 Å². The standard InChI is InChI=1S/C20H14ClN3S/c1-2-25-20-6-3-13(10-22)7-14(20)8-15(11-23)18-12-24-19-5-4-16(21)9-17(18)19/h3-9,12,24H,2H2,1H3/b15-8+. The molecular formula is C20H14ClN3S. The van der Waals surface area contributed by atoms with Gasteiger partial charge in [0.1, 0.15) is 0 Å². The van der Waals surface area contributed by atoms with Gasteiger partial charge in [0.25, 0.3) is 0 Å². The van der Waals surface area contributed by atoms with Crippen molar-refractivity contribution in [2.45, 2.75) is 11.8 Å². The minimum absolute atomic E-state index is 0.529. The van der Waals surface area contributed by atoms with Gasteiger partial charge in [0.2, 0.25) is 0 Å². The van der Waals surface area contributed by atoms with Crippen molar-refractivity contribution < 1.29 is 0 Å². The molecule has 3 rings (SSSR count). The highest BCUT2D eigenvalue weighted by atomic mass is 35.5. The molecule has 3 nitrogen and oxygen atoms in total. The Morgan fingerprint density at radius 2 is 2.08 bits per heavy atom. The van der Waals surface area contributed by atoms with Crippen molar-refractivity contribution in [3.63, 3.8) is 0 Å². The summed E-state index contributed by atoms with van der Waals surface area (Å²) in [5.41, 5.74) is 3.70. The zero-order valence-electron chi connectivity index (χ0n) is 13.5. The third-order valence-corrected chi connectivity index (χ3v) is 5.00. The van der Waals surface area contributed by atoms with Crippen LogP contribution in [0.1, 0.15) is 23.6 Å². The lowest BCUT2D eigenvalue weighted by Gasteiger charge is -2.06. The number of aromatic amines is 1. The molecule has 25 heavy (non-hydrogen) atoms. The van der Waals surface area contributed by atoms with Crippen LogP contribution in [-0.2, 0) is 0 Å². The van der Waals surface area contributed by atoms with E-state index in [4.69, 9.17) is 16.9 Å². The molecule has 0 radical (unpaired) electrons. The van der Waals surface area contributed by atoms with Crippen LogP contribution in [0.2, 0.25) is 5.02 Å². The van der Waals surface area contributed by atoms with Gasteiger partial charge < -0.3 is 4.98 Å². The van der Waals surface area contributed by atoms with Gasteiger partial charge in [-0.15, -0.1) is 11.8 Å². The van der Waals surface area contributed by atoms with Gasteiger partial charge in [0.15, 0.2) is 0 Å². The summed E-state index contributed by atoms with van der Waals surface area (Å²) in [7, 11) is 0. The highest BCUT2D eigenvalue weighted by Crippen LogP contribution is 2.31. The van der Waals surface area contributed by atoms with Crippen LogP contribution in [0.25, 0.3) is 22.6 Å². The first-order valence-electron chi connectivity index (χ1n) is 7.72. The first-order chi connectivity index (χ1) is 12.2. The first kappa shape index (κ1) is 17.2. The van der Waals surface area contributed by atoms with Crippen LogP contribution in [0, 0.1) is 22.7 Å². The monoisotopic (exact) mass is 363 g/mol. The molecule has 5 heteroatoms. The van der Waals surface area contributed by atoms with Crippen molar-refractivity contribution in [1.29, 1.82) is 10.5 Å². The molecule has 1 N–H and O–H groups in total. The molecule has 0 amide bonds. The topological polar surface area (TPSA) is 63.4 Å². The van der Waals surface area contributed by atoms with E-state index in [2.05, 4.69) is 24.0 Å². The van der Waals surface area contributed by atoms with Gasteiger partial charge >= 0.3 is 0 Å². The zero-order chi connectivity index (χ0) is 17.8. The van der Waals surface area contributed by atoms with Gasteiger partial charge in [-0.2, -0.15) is 10.5 Å². The Kier molecular flexibility index (Phi) is 5.14. The van der Waals surface area contributed by atoms with E-state index in [0.29, 0.717) is 16.2 Å². The fourth-order valence-electron chi connectivity index (χ4n) is 2.66. The van der Waals surface area contributed by atoms with Crippen molar-refractivity contribution in [2.75, 3.05) is 5.75 Å². The average molecular weight is 364 g/mol. The predicted octanol–water partition coefficient (Wildman–Crippen LogP) is 5.87. The molecule has 1 aromatic heterocycles. The van der Waals surface area contributed by atoms with Crippen LogP contribution in [0.5, 0.6) is 0 Å². The fraction of sp³-hybridized carbons (Fsp3) is 0.100. The lowest BCUT2D eigenvalue weighted by Crippen LogP contribution is -1.86. The maximum atomic E-state index is 9.70. The Morgan fingerprint density at radius 1 is 1.24 bits per heavy atom. The molecular weight excluding hydrogens is 350 g/mol. The summed E-state index contributed by atoms with van der Waals surface area (Å²) in [4.78, 5) is 4.22. The van der Waals surface area contributed by atoms with Crippen LogP contribution in [0.3, 0.4) is 0 Å².